The minimum atomic E-state index is -3.72. The molecule has 154 valence electrons. The summed E-state index contributed by atoms with van der Waals surface area (Å²) in [6.07, 6.45) is 1.31. The molecule has 0 aliphatic carbocycles. The monoisotopic (exact) mass is 436 g/mol. The quantitative estimate of drug-likeness (QED) is 0.778. The molecule has 2 aromatic carbocycles. The molecule has 1 amide bonds. The number of sulfonamides is 1. The van der Waals surface area contributed by atoms with Crippen LogP contribution < -0.4 is 14.8 Å². The van der Waals surface area contributed by atoms with Gasteiger partial charge >= 0.3 is 0 Å². The molecule has 0 aromatic heterocycles. The Morgan fingerprint density at radius 2 is 1.86 bits per heavy atom. The Bertz CT molecular complexity index is 1020. The van der Waals surface area contributed by atoms with E-state index in [1.165, 1.54) is 22.5 Å². The number of nitrogens with one attached hydrogen (secondary N) is 1. The number of carbonyl (C=O) groups excluding carboxylic acids is 1. The van der Waals surface area contributed by atoms with Gasteiger partial charge in [-0.25, -0.2) is 8.42 Å². The fourth-order valence-corrected chi connectivity index (χ4v) is 5.40. The molecule has 2 aliphatic heterocycles. The number of para-hydroxylation sites is 2. The molecule has 7 nitrogen and oxygen atoms in total. The van der Waals surface area contributed by atoms with E-state index in [0.717, 1.165) is 12.8 Å². The van der Waals surface area contributed by atoms with Crippen molar-refractivity contribution in [2.75, 3.05) is 26.2 Å². The Hall–Kier alpha value is -2.29. The van der Waals surface area contributed by atoms with Crippen LogP contribution in [0.25, 0.3) is 0 Å². The van der Waals surface area contributed by atoms with Gasteiger partial charge in [0.2, 0.25) is 10.0 Å². The number of fused-ring (bicyclic) bond motifs is 1. The summed E-state index contributed by atoms with van der Waals surface area (Å²) in [6, 6.07) is 11.6. The highest BCUT2D eigenvalue weighted by Crippen LogP contribution is 2.31. The average molecular weight is 437 g/mol. The van der Waals surface area contributed by atoms with Gasteiger partial charge in [0.1, 0.15) is 17.6 Å². The SMILES string of the molecule is O=C(NC[C@@H]1COc2ccccc2O1)c1ccc(Cl)c(S(=O)(=O)N2CCCC2)c1. The van der Waals surface area contributed by atoms with E-state index in [9.17, 15) is 13.2 Å². The second-order valence-corrected chi connectivity index (χ2v) is 9.28. The van der Waals surface area contributed by atoms with Crippen LogP contribution in [0.2, 0.25) is 5.02 Å². The van der Waals surface area contributed by atoms with Crippen molar-refractivity contribution in [1.29, 1.82) is 0 Å². The molecule has 2 heterocycles. The van der Waals surface area contributed by atoms with Crippen LogP contribution in [0.1, 0.15) is 23.2 Å². The molecule has 29 heavy (non-hydrogen) atoms. The molecule has 1 N–H and O–H groups in total. The van der Waals surface area contributed by atoms with Crippen LogP contribution in [0.4, 0.5) is 0 Å². The van der Waals surface area contributed by atoms with E-state index < -0.39 is 15.9 Å². The number of hydrogen-bond donors (Lipinski definition) is 1. The Morgan fingerprint density at radius 1 is 1.14 bits per heavy atom. The van der Waals surface area contributed by atoms with Crippen molar-refractivity contribution in [3.63, 3.8) is 0 Å². The lowest BCUT2D eigenvalue weighted by Gasteiger charge is -2.26. The summed E-state index contributed by atoms with van der Waals surface area (Å²) in [7, 11) is -3.72. The van der Waals surface area contributed by atoms with Gasteiger partial charge in [0, 0.05) is 18.7 Å². The first kappa shape index (κ1) is 20.0. The molecule has 2 aliphatic rings. The maximum absolute atomic E-state index is 12.8. The predicted molar refractivity (Wildman–Crippen MR) is 108 cm³/mol. The van der Waals surface area contributed by atoms with Crippen molar-refractivity contribution in [2.24, 2.45) is 0 Å². The Balaban J connectivity index is 1.44. The first-order valence-corrected chi connectivity index (χ1v) is 11.2. The Labute approximate surface area is 174 Å². The molecule has 1 fully saturated rings. The van der Waals surface area contributed by atoms with Gasteiger partial charge in [-0.2, -0.15) is 4.31 Å². The molecule has 0 bridgehead atoms. The van der Waals surface area contributed by atoms with Crippen molar-refractivity contribution >= 4 is 27.5 Å². The molecule has 4 rings (SSSR count). The van der Waals surface area contributed by atoms with Gasteiger partial charge in [0.05, 0.1) is 11.6 Å². The summed E-state index contributed by atoms with van der Waals surface area (Å²) in [4.78, 5) is 12.5. The maximum atomic E-state index is 12.8. The van der Waals surface area contributed by atoms with Crippen molar-refractivity contribution in [1.82, 2.24) is 9.62 Å². The van der Waals surface area contributed by atoms with Gasteiger partial charge in [0.25, 0.3) is 5.91 Å². The third-order valence-corrected chi connectivity index (χ3v) is 7.31. The van der Waals surface area contributed by atoms with Crippen molar-refractivity contribution in [3.05, 3.63) is 53.1 Å². The molecule has 0 saturated carbocycles. The minimum absolute atomic E-state index is 0.0418. The second kappa shape index (κ2) is 8.22. The number of nitrogens with zero attached hydrogens (tertiary/aromatic N) is 1. The zero-order chi connectivity index (χ0) is 20.4. The molecule has 1 atom stereocenters. The number of benzene rings is 2. The smallest absolute Gasteiger partial charge is 0.251 e. The fourth-order valence-electron chi connectivity index (χ4n) is 3.38. The second-order valence-electron chi connectivity index (χ2n) is 6.96. The zero-order valence-corrected chi connectivity index (χ0v) is 17.2. The summed E-state index contributed by atoms with van der Waals surface area (Å²) in [5.41, 5.74) is 0.226. The van der Waals surface area contributed by atoms with Gasteiger partial charge in [-0.15, -0.1) is 0 Å². The van der Waals surface area contributed by atoms with E-state index in [1.807, 2.05) is 18.2 Å². The van der Waals surface area contributed by atoms with Crippen molar-refractivity contribution in [2.45, 2.75) is 23.8 Å². The standard InChI is InChI=1S/C20H21ClN2O5S/c21-16-8-7-14(11-19(16)29(25,26)23-9-3-4-10-23)20(24)22-12-15-13-27-17-5-1-2-6-18(17)28-15/h1-2,5-8,11,15H,3-4,9-10,12-13H2,(H,22,24)/t15-/m1/s1. The average Bonchev–Trinajstić information content (AvgIpc) is 3.28. The van der Waals surface area contributed by atoms with Gasteiger partial charge in [-0.05, 0) is 43.2 Å². The normalized spacial score (nSPS) is 19.1. The first-order valence-electron chi connectivity index (χ1n) is 9.41. The zero-order valence-electron chi connectivity index (χ0n) is 15.6. The highest BCUT2D eigenvalue weighted by atomic mass is 35.5. The molecule has 0 radical (unpaired) electrons. The van der Waals surface area contributed by atoms with Crippen LogP contribution in [0.5, 0.6) is 11.5 Å². The number of hydrogen-bond acceptors (Lipinski definition) is 5. The number of amides is 1. The minimum Gasteiger partial charge on any atom is -0.486 e. The molecule has 0 unspecified atom stereocenters. The number of halogens is 1. The van der Waals surface area contributed by atoms with Crippen LogP contribution >= 0.6 is 11.6 Å². The van der Waals surface area contributed by atoms with E-state index in [-0.39, 0.29) is 28.1 Å². The largest absolute Gasteiger partial charge is 0.486 e. The molecule has 2 aromatic rings. The van der Waals surface area contributed by atoms with E-state index >= 15 is 0 Å². The third-order valence-electron chi connectivity index (χ3n) is 4.93. The van der Waals surface area contributed by atoms with Gasteiger partial charge in [-0.1, -0.05) is 23.7 Å². The van der Waals surface area contributed by atoms with Crippen molar-refractivity contribution < 1.29 is 22.7 Å². The Morgan fingerprint density at radius 3 is 2.62 bits per heavy atom. The molecular formula is C20H21ClN2O5S. The summed E-state index contributed by atoms with van der Waals surface area (Å²) >= 11 is 6.14. The first-order chi connectivity index (χ1) is 13.9. The van der Waals surface area contributed by atoms with Crippen LogP contribution in [0.3, 0.4) is 0 Å². The maximum Gasteiger partial charge on any atom is 0.251 e. The van der Waals surface area contributed by atoms with E-state index in [2.05, 4.69) is 5.32 Å². The highest BCUT2D eigenvalue weighted by molar-refractivity contribution is 7.89. The van der Waals surface area contributed by atoms with Crippen LogP contribution in [-0.2, 0) is 10.0 Å². The lowest BCUT2D eigenvalue weighted by atomic mass is 10.2. The third kappa shape index (κ3) is 4.19. The molecule has 1 saturated heterocycles. The summed E-state index contributed by atoms with van der Waals surface area (Å²) < 4.78 is 38.5. The van der Waals surface area contributed by atoms with E-state index in [0.29, 0.717) is 31.2 Å². The van der Waals surface area contributed by atoms with Gasteiger partial charge in [-0.3, -0.25) is 4.79 Å². The van der Waals surface area contributed by atoms with Crippen LogP contribution in [0, 0.1) is 0 Å². The van der Waals surface area contributed by atoms with Crippen molar-refractivity contribution in [3.8, 4) is 11.5 Å². The number of rotatable bonds is 5. The fraction of sp³-hybridized carbons (Fsp3) is 0.350. The van der Waals surface area contributed by atoms with Gasteiger partial charge < -0.3 is 14.8 Å². The molecule has 0 spiro atoms. The number of ether oxygens (including phenoxy) is 2. The van der Waals surface area contributed by atoms with Crippen LogP contribution in [0.15, 0.2) is 47.4 Å². The topological polar surface area (TPSA) is 84.9 Å². The predicted octanol–water partition coefficient (Wildman–Crippen LogP) is 2.69. The molecule has 9 heteroatoms. The Kier molecular flexibility index (Phi) is 5.67. The summed E-state index contributed by atoms with van der Waals surface area (Å²) in [6.45, 7) is 1.47. The highest BCUT2D eigenvalue weighted by Gasteiger charge is 2.30. The number of carbonyl (C=O) groups is 1. The summed E-state index contributed by atoms with van der Waals surface area (Å²) in [5.74, 6) is 0.898. The molecular weight excluding hydrogens is 416 g/mol. The van der Waals surface area contributed by atoms with Gasteiger partial charge in [0.15, 0.2) is 11.5 Å². The summed E-state index contributed by atoms with van der Waals surface area (Å²) in [5, 5.41) is 2.88. The van der Waals surface area contributed by atoms with E-state index in [1.54, 1.807) is 6.07 Å². The van der Waals surface area contributed by atoms with E-state index in [4.69, 9.17) is 21.1 Å². The lowest BCUT2D eigenvalue weighted by Crippen LogP contribution is -2.40. The lowest BCUT2D eigenvalue weighted by molar-refractivity contribution is 0.0789. The van der Waals surface area contributed by atoms with Crippen LogP contribution in [-0.4, -0.2) is 51.0 Å².